The number of fused-ring (bicyclic) bond motifs is 2. The SMILES string of the molecule is Cc1ncsc1-c1ccc([C@H](C)NC(=O)[C@@H]2C[C@@H](O)CN2C(=O)[C@H](c2cc(OCC#Cc3ccc(OC4CC(Oc5cc(N6C7CC[C@@H]6CN(c6cc(-c8ccccc8O)nnc6N)C7)ccn5)C4)cn3)no2)C(C)C)cn1. The number of anilines is 3. The van der Waals surface area contributed by atoms with E-state index in [4.69, 9.17) is 24.5 Å². The Bertz CT molecular complexity index is 3330. The minimum Gasteiger partial charge on any atom is -0.507 e. The van der Waals surface area contributed by atoms with Gasteiger partial charge in [-0.15, -0.1) is 21.5 Å². The van der Waals surface area contributed by atoms with Gasteiger partial charge >= 0.3 is 0 Å². The Labute approximate surface area is 455 Å². The number of aromatic nitrogens is 7. The number of carbonyl (C=O) groups is 2. The van der Waals surface area contributed by atoms with Gasteiger partial charge in [0.2, 0.25) is 17.7 Å². The summed E-state index contributed by atoms with van der Waals surface area (Å²) >= 11 is 1.52. The number of piperazine rings is 1. The number of pyridine rings is 3. The molecule has 9 heterocycles. The van der Waals surface area contributed by atoms with Gasteiger partial charge in [-0.05, 0) is 91.7 Å². The summed E-state index contributed by atoms with van der Waals surface area (Å²) in [5, 5.41) is 36.7. The van der Waals surface area contributed by atoms with Gasteiger partial charge in [-0.2, -0.15) is 0 Å². The molecular weight excluding hydrogens is 1010 g/mol. The van der Waals surface area contributed by atoms with Crippen molar-refractivity contribution >= 4 is 40.3 Å². The highest BCUT2D eigenvalue weighted by atomic mass is 32.1. The number of likely N-dealkylation sites (tertiary alicyclic amines) is 1. The Hall–Kier alpha value is -8.35. The molecule has 21 heteroatoms. The smallest absolute Gasteiger partial charge is 0.255 e. The lowest BCUT2D eigenvalue weighted by atomic mass is 9.91. The number of hydrogen-bond acceptors (Lipinski definition) is 19. The molecule has 1 saturated carbocycles. The molecule has 0 radical (unpaired) electrons. The van der Waals surface area contributed by atoms with Crippen LogP contribution in [0.15, 0.2) is 101 Å². The molecule has 2 amide bonds. The molecule has 5 N–H and O–H groups in total. The number of rotatable bonds is 16. The second kappa shape index (κ2) is 22.3. The number of hydrogen-bond donors (Lipinski definition) is 4. The molecule has 7 aromatic rings. The number of aromatic hydroxyl groups is 1. The Balaban J connectivity index is 0.627. The maximum Gasteiger partial charge on any atom is 0.255 e. The summed E-state index contributed by atoms with van der Waals surface area (Å²) in [6.07, 6.45) is 7.86. The van der Waals surface area contributed by atoms with E-state index < -0.39 is 24.1 Å². The quantitative estimate of drug-likeness (QED) is 0.0719. The number of nitrogen functional groups attached to an aromatic ring is 1. The van der Waals surface area contributed by atoms with Crippen LogP contribution >= 0.6 is 11.3 Å². The number of carbonyl (C=O) groups excluding carboxylic acids is 2. The first kappa shape index (κ1) is 51.7. The highest BCUT2D eigenvalue weighted by molar-refractivity contribution is 7.13. The Morgan fingerprint density at radius 3 is 2.42 bits per heavy atom. The maximum absolute atomic E-state index is 14.2. The van der Waals surface area contributed by atoms with Crippen molar-refractivity contribution in [1.29, 1.82) is 0 Å². The van der Waals surface area contributed by atoms with Gasteiger partial charge in [-0.3, -0.25) is 14.6 Å². The fraction of sp³-hybridized carbons (Fsp3) is 0.386. The van der Waals surface area contributed by atoms with Crippen molar-refractivity contribution in [3.8, 4) is 56.9 Å². The number of amides is 2. The molecule has 1 unspecified atom stereocenters. The summed E-state index contributed by atoms with van der Waals surface area (Å²) in [5.41, 5.74) is 14.3. The predicted octanol–water partition coefficient (Wildman–Crippen LogP) is 6.89. The molecule has 4 aliphatic rings. The van der Waals surface area contributed by atoms with Gasteiger partial charge in [-0.25, -0.2) is 15.0 Å². The van der Waals surface area contributed by atoms with Crippen LogP contribution in [0, 0.1) is 24.7 Å². The van der Waals surface area contributed by atoms with E-state index in [1.165, 1.54) is 16.2 Å². The van der Waals surface area contributed by atoms with E-state index in [1.54, 1.807) is 42.2 Å². The number of benzene rings is 1. The molecular formula is C57H60N12O8S. The fourth-order valence-corrected chi connectivity index (χ4v) is 11.7. The van der Waals surface area contributed by atoms with Crippen LogP contribution in [-0.4, -0.2) is 125 Å². The second-order valence-corrected chi connectivity index (χ2v) is 21.5. The second-order valence-electron chi connectivity index (χ2n) is 20.6. The minimum atomic E-state index is -0.880. The zero-order chi connectivity index (χ0) is 54.0. The van der Waals surface area contributed by atoms with E-state index in [0.29, 0.717) is 47.2 Å². The molecule has 1 aromatic carbocycles. The molecule has 11 rings (SSSR count). The average molecular weight is 1070 g/mol. The van der Waals surface area contributed by atoms with Gasteiger partial charge in [0, 0.05) is 86.8 Å². The number of β-amino-alcohol motifs (C(OH)–C–C–N with tert-alkyl or cyclic N) is 1. The molecule has 3 aliphatic heterocycles. The number of aryl methyl sites for hydroxylation is 1. The number of nitrogens with one attached hydrogen (secondary N) is 1. The van der Waals surface area contributed by atoms with E-state index in [2.05, 4.69) is 62.2 Å². The van der Waals surface area contributed by atoms with Crippen molar-refractivity contribution in [3.63, 3.8) is 0 Å². The highest BCUT2D eigenvalue weighted by Crippen LogP contribution is 2.41. The number of nitrogens with zero attached hydrogens (tertiary/aromatic N) is 10. The third kappa shape index (κ3) is 11.1. The number of thiazole rings is 1. The van der Waals surface area contributed by atoms with Crippen LogP contribution in [-0.2, 0) is 9.59 Å². The fourth-order valence-electron chi connectivity index (χ4n) is 10.9. The number of ether oxygens (including phenoxy) is 3. The minimum absolute atomic E-state index is 0.00979. The van der Waals surface area contributed by atoms with Gasteiger partial charge in [0.25, 0.3) is 5.88 Å². The largest absolute Gasteiger partial charge is 0.507 e. The summed E-state index contributed by atoms with van der Waals surface area (Å²) < 4.78 is 24.0. The number of phenols is 1. The lowest BCUT2D eigenvalue weighted by Gasteiger charge is -2.43. The first-order valence-electron chi connectivity index (χ1n) is 26.3. The van der Waals surface area contributed by atoms with Crippen molar-refractivity contribution in [1.82, 2.24) is 45.5 Å². The predicted molar refractivity (Wildman–Crippen MR) is 291 cm³/mol. The number of aliphatic hydroxyl groups excluding tert-OH is 1. The van der Waals surface area contributed by atoms with E-state index in [0.717, 1.165) is 59.1 Å². The lowest BCUT2D eigenvalue weighted by Crippen LogP contribution is -2.54. The van der Waals surface area contributed by atoms with E-state index >= 15 is 0 Å². The molecule has 1 aliphatic carbocycles. The Morgan fingerprint density at radius 2 is 1.69 bits per heavy atom. The van der Waals surface area contributed by atoms with Crippen molar-refractivity contribution in [3.05, 3.63) is 120 Å². The third-order valence-corrected chi connectivity index (χ3v) is 15.9. The van der Waals surface area contributed by atoms with Gasteiger partial charge in [0.15, 0.2) is 18.2 Å². The first-order chi connectivity index (χ1) is 37.8. The van der Waals surface area contributed by atoms with Gasteiger partial charge in [-0.1, -0.05) is 38.0 Å². The number of para-hydroxylation sites is 1. The lowest BCUT2D eigenvalue weighted by molar-refractivity contribution is -0.141. The Morgan fingerprint density at radius 1 is 0.885 bits per heavy atom. The molecule has 6 atom stereocenters. The zero-order valence-corrected chi connectivity index (χ0v) is 44.4. The van der Waals surface area contributed by atoms with Crippen LogP contribution in [0.4, 0.5) is 17.2 Å². The normalized spacial score (nSPS) is 21.3. The standard InChI is InChI=1S/C57H60N12O8S/c1-32(2)53(57(73)68-30-40(70)21-48(68)56(72)63-33(3)35-11-16-45(61-26-35)54-34(4)62-31-78-54)50-25-52(66-77-50)74-19-7-8-36-12-15-41(27-60-36)75-42-22-43(23-42)76-51-20-37(17-18-59-51)69-38-13-14-39(69)29-67(28-38)47-24-46(64-65-55(47)58)44-9-5-6-10-49(44)71/h5-6,9-12,15-18,20,24-27,31-33,38-40,42-43,48,53,70-71H,13-14,19,21-23,28-30H2,1-4H3,(H2,58,65)(H,63,72)/t33-,38+,39?,40+,42?,43?,48-,53-/m0/s1. The topological polar surface area (TPSA) is 253 Å². The van der Waals surface area contributed by atoms with Crippen LogP contribution < -0.4 is 35.1 Å². The summed E-state index contributed by atoms with van der Waals surface area (Å²) in [6, 6.07) is 21.3. The van der Waals surface area contributed by atoms with Gasteiger partial charge < -0.3 is 54.7 Å². The van der Waals surface area contributed by atoms with Crippen LogP contribution in [0.5, 0.6) is 23.3 Å². The van der Waals surface area contributed by atoms with Crippen LogP contribution in [0.3, 0.4) is 0 Å². The van der Waals surface area contributed by atoms with Gasteiger partial charge in [0.05, 0.1) is 51.5 Å². The van der Waals surface area contributed by atoms with Gasteiger partial charge in [0.1, 0.15) is 41.4 Å². The first-order valence-corrected chi connectivity index (χ1v) is 27.1. The molecule has 78 heavy (non-hydrogen) atoms. The van der Waals surface area contributed by atoms with Crippen molar-refractivity contribution in [2.75, 3.05) is 41.8 Å². The molecule has 0 spiro atoms. The summed E-state index contributed by atoms with van der Waals surface area (Å²) in [4.78, 5) is 53.0. The van der Waals surface area contributed by atoms with Crippen LogP contribution in [0.2, 0.25) is 0 Å². The van der Waals surface area contributed by atoms with E-state index in [1.807, 2.05) is 82.4 Å². The number of phenolic OH excluding ortho intramolecular Hbond substituents is 1. The van der Waals surface area contributed by atoms with Crippen molar-refractivity contribution < 1.29 is 38.5 Å². The maximum atomic E-state index is 14.2. The van der Waals surface area contributed by atoms with Crippen molar-refractivity contribution in [2.24, 2.45) is 5.92 Å². The Kier molecular flexibility index (Phi) is 14.8. The molecule has 20 nitrogen and oxygen atoms in total. The molecule has 2 bridgehead atoms. The van der Waals surface area contributed by atoms with E-state index in [-0.39, 0.29) is 79.0 Å². The third-order valence-electron chi connectivity index (χ3n) is 14.9. The summed E-state index contributed by atoms with van der Waals surface area (Å²) in [5.74, 6) is 6.38. The highest BCUT2D eigenvalue weighted by Gasteiger charge is 2.44. The molecule has 6 aromatic heterocycles. The summed E-state index contributed by atoms with van der Waals surface area (Å²) in [6.45, 7) is 9.09. The number of aliphatic hydroxyl groups is 1. The number of nitrogens with two attached hydrogens (primary N) is 1. The monoisotopic (exact) mass is 1070 g/mol. The average Bonchev–Trinajstić information content (AvgIpc) is 4.28. The summed E-state index contributed by atoms with van der Waals surface area (Å²) in [7, 11) is 0. The molecule has 4 fully saturated rings. The van der Waals surface area contributed by atoms with Crippen molar-refractivity contribution in [2.45, 2.75) is 108 Å². The van der Waals surface area contributed by atoms with Crippen LogP contribution in [0.25, 0.3) is 21.8 Å². The van der Waals surface area contributed by atoms with Crippen LogP contribution in [0.1, 0.15) is 87.5 Å². The molecule has 402 valence electrons. The molecule has 3 saturated heterocycles. The zero-order valence-electron chi connectivity index (χ0n) is 43.6. The van der Waals surface area contributed by atoms with E-state index in [9.17, 15) is 19.8 Å².